The molecule has 0 fully saturated rings. The fourth-order valence-electron chi connectivity index (χ4n) is 1.84. The molecular weight excluding hydrogens is 331 g/mol. The van der Waals surface area contributed by atoms with Gasteiger partial charge in [0.2, 0.25) is 5.82 Å². The number of aromatic nitrogens is 3. The lowest BCUT2D eigenvalue weighted by molar-refractivity contribution is 0.0715. The highest BCUT2D eigenvalue weighted by molar-refractivity contribution is 6.42. The Balaban J connectivity index is 1.96. The fraction of sp³-hybridized carbons (Fsp3) is 0.308. The molecule has 1 unspecified atom stereocenters. The Hall–Kier alpha value is -1.99. The van der Waals surface area contributed by atoms with Gasteiger partial charge in [-0.1, -0.05) is 23.2 Å². The first kappa shape index (κ1) is 16.4. The second kappa shape index (κ2) is 6.85. The number of ether oxygens (including phenoxy) is 1. The topological polar surface area (TPSA) is 91.1 Å². The van der Waals surface area contributed by atoms with E-state index in [-0.39, 0.29) is 11.9 Å². The summed E-state index contributed by atoms with van der Waals surface area (Å²) in [6.45, 7) is 2.10. The second-order valence-electron chi connectivity index (χ2n) is 4.72. The van der Waals surface area contributed by atoms with Crippen LogP contribution in [0.15, 0.2) is 23.0 Å². The van der Waals surface area contributed by atoms with E-state index in [0.717, 1.165) is 0 Å². The fourth-order valence-corrected chi connectivity index (χ4v) is 2.13. The van der Waals surface area contributed by atoms with Crippen molar-refractivity contribution in [3.8, 4) is 5.75 Å². The molecule has 0 bridgehead atoms. The second-order valence-corrected chi connectivity index (χ2v) is 5.53. The van der Waals surface area contributed by atoms with Gasteiger partial charge in [-0.2, -0.15) is 0 Å². The maximum absolute atomic E-state index is 12.0. The van der Waals surface area contributed by atoms with E-state index in [1.165, 1.54) is 4.90 Å². The third-order valence-corrected chi connectivity index (χ3v) is 3.55. The van der Waals surface area contributed by atoms with Crippen molar-refractivity contribution in [1.29, 1.82) is 0 Å². The van der Waals surface area contributed by atoms with Crippen molar-refractivity contribution >= 4 is 29.1 Å². The molecule has 1 amide bonds. The van der Waals surface area contributed by atoms with Crippen LogP contribution < -0.4 is 10.4 Å². The highest BCUT2D eigenvalue weighted by Gasteiger charge is 2.18. The molecule has 0 aliphatic carbocycles. The Morgan fingerprint density at radius 2 is 2.14 bits per heavy atom. The van der Waals surface area contributed by atoms with Gasteiger partial charge in [0.25, 0.3) is 5.91 Å². The molecule has 0 saturated heterocycles. The van der Waals surface area contributed by atoms with E-state index in [0.29, 0.717) is 22.3 Å². The van der Waals surface area contributed by atoms with Gasteiger partial charge in [-0.05, 0) is 19.1 Å². The van der Waals surface area contributed by atoms with Gasteiger partial charge >= 0.3 is 5.69 Å². The molecule has 2 aromatic rings. The number of likely N-dealkylation sites (N-methyl/N-ethyl adjacent to an activating group) is 1. The molecule has 0 radical (unpaired) electrons. The summed E-state index contributed by atoms with van der Waals surface area (Å²) in [6.07, 6.45) is -0.295. The van der Waals surface area contributed by atoms with Gasteiger partial charge in [0.15, 0.2) is 0 Å². The Kier molecular flexibility index (Phi) is 5.10. The van der Waals surface area contributed by atoms with Crippen molar-refractivity contribution in [3.05, 3.63) is 44.6 Å². The van der Waals surface area contributed by atoms with Crippen LogP contribution in [0.2, 0.25) is 10.0 Å². The van der Waals surface area contributed by atoms with Crippen LogP contribution in [-0.4, -0.2) is 45.7 Å². The largest absolute Gasteiger partial charge is 0.489 e. The predicted molar refractivity (Wildman–Crippen MR) is 82.7 cm³/mol. The smallest absolute Gasteiger partial charge is 0.341 e. The van der Waals surface area contributed by atoms with Crippen molar-refractivity contribution in [3.63, 3.8) is 0 Å². The SMILES string of the molecule is CC(CN(C)C(=O)c1n[nH]c(=O)[nH]1)Oc1ccc(Cl)c(Cl)c1. The number of aromatic amines is 2. The van der Waals surface area contributed by atoms with Crippen LogP contribution in [0.1, 0.15) is 17.5 Å². The van der Waals surface area contributed by atoms with Crippen molar-refractivity contribution in [1.82, 2.24) is 20.1 Å². The van der Waals surface area contributed by atoms with Gasteiger partial charge in [0.05, 0.1) is 16.6 Å². The molecule has 0 aliphatic heterocycles. The zero-order valence-electron chi connectivity index (χ0n) is 11.9. The monoisotopic (exact) mass is 344 g/mol. The summed E-state index contributed by atoms with van der Waals surface area (Å²) in [5, 5.41) is 6.57. The molecule has 1 aromatic heterocycles. The van der Waals surface area contributed by atoms with Crippen LogP contribution in [0.4, 0.5) is 0 Å². The minimum Gasteiger partial charge on any atom is -0.489 e. The van der Waals surface area contributed by atoms with Gasteiger partial charge in [0.1, 0.15) is 11.9 Å². The summed E-state index contributed by atoms with van der Waals surface area (Å²) in [7, 11) is 1.59. The Bertz CT molecular complexity index is 728. The number of halogens is 2. The van der Waals surface area contributed by atoms with E-state index in [4.69, 9.17) is 27.9 Å². The Morgan fingerprint density at radius 3 is 2.73 bits per heavy atom. The van der Waals surface area contributed by atoms with Gasteiger partial charge in [0, 0.05) is 13.1 Å². The number of nitrogens with one attached hydrogen (secondary N) is 2. The third-order valence-electron chi connectivity index (χ3n) is 2.81. The molecular formula is C13H14Cl2N4O3. The van der Waals surface area contributed by atoms with E-state index < -0.39 is 11.6 Å². The first-order chi connectivity index (χ1) is 10.4. The normalized spacial score (nSPS) is 12.0. The number of nitrogens with zero attached hydrogens (tertiary/aromatic N) is 2. The minimum atomic E-state index is -0.531. The van der Waals surface area contributed by atoms with E-state index in [1.807, 2.05) is 0 Å². The van der Waals surface area contributed by atoms with Crippen LogP contribution >= 0.6 is 23.2 Å². The molecule has 9 heteroatoms. The van der Waals surface area contributed by atoms with Gasteiger partial charge < -0.3 is 9.64 Å². The number of carbonyl (C=O) groups excluding carboxylic acids is 1. The molecule has 7 nitrogen and oxygen atoms in total. The lowest BCUT2D eigenvalue weighted by atomic mass is 10.3. The molecule has 0 aliphatic rings. The first-order valence-corrected chi connectivity index (χ1v) is 7.14. The molecule has 1 aromatic carbocycles. The van der Waals surface area contributed by atoms with Gasteiger partial charge in [-0.25, -0.2) is 9.89 Å². The summed E-state index contributed by atoms with van der Waals surface area (Å²) < 4.78 is 5.67. The lowest BCUT2D eigenvalue weighted by Crippen LogP contribution is -2.36. The molecule has 118 valence electrons. The van der Waals surface area contributed by atoms with Crippen LogP contribution in [0.25, 0.3) is 0 Å². The van der Waals surface area contributed by atoms with E-state index >= 15 is 0 Å². The molecule has 2 N–H and O–H groups in total. The summed E-state index contributed by atoms with van der Waals surface area (Å²) in [5.41, 5.74) is -0.531. The number of hydrogen-bond donors (Lipinski definition) is 2. The number of carbonyl (C=O) groups is 1. The maximum Gasteiger partial charge on any atom is 0.341 e. The molecule has 1 atom stereocenters. The molecule has 22 heavy (non-hydrogen) atoms. The van der Waals surface area contributed by atoms with E-state index in [9.17, 15) is 9.59 Å². The molecule has 2 rings (SSSR count). The maximum atomic E-state index is 12.0. The van der Waals surface area contributed by atoms with Crippen molar-refractivity contribution < 1.29 is 9.53 Å². The Morgan fingerprint density at radius 1 is 1.41 bits per heavy atom. The van der Waals surface area contributed by atoms with Crippen LogP contribution in [0, 0.1) is 0 Å². The average Bonchev–Trinajstić information content (AvgIpc) is 2.88. The van der Waals surface area contributed by atoms with Crippen LogP contribution in [-0.2, 0) is 0 Å². The van der Waals surface area contributed by atoms with Gasteiger partial charge in [-0.3, -0.25) is 9.78 Å². The zero-order valence-corrected chi connectivity index (χ0v) is 13.4. The molecule has 0 saturated carbocycles. The summed E-state index contributed by atoms with van der Waals surface area (Å²) in [4.78, 5) is 26.7. The molecule has 1 heterocycles. The predicted octanol–water partition coefficient (Wildman–Crippen LogP) is 1.94. The van der Waals surface area contributed by atoms with Crippen molar-refractivity contribution in [2.75, 3.05) is 13.6 Å². The van der Waals surface area contributed by atoms with Crippen molar-refractivity contribution in [2.24, 2.45) is 0 Å². The number of rotatable bonds is 5. The number of hydrogen-bond acceptors (Lipinski definition) is 4. The summed E-state index contributed by atoms with van der Waals surface area (Å²) in [5.74, 6) is 0.0908. The summed E-state index contributed by atoms with van der Waals surface area (Å²) >= 11 is 11.7. The van der Waals surface area contributed by atoms with E-state index in [2.05, 4.69) is 15.2 Å². The Labute approximate surface area is 136 Å². The van der Waals surface area contributed by atoms with E-state index in [1.54, 1.807) is 32.2 Å². The highest BCUT2D eigenvalue weighted by atomic mass is 35.5. The number of benzene rings is 1. The van der Waals surface area contributed by atoms with Crippen LogP contribution in [0.5, 0.6) is 5.75 Å². The molecule has 0 spiro atoms. The average molecular weight is 345 g/mol. The minimum absolute atomic E-state index is 0.0470. The van der Waals surface area contributed by atoms with Crippen LogP contribution in [0.3, 0.4) is 0 Å². The standard InChI is InChI=1S/C13H14Cl2N4O3/c1-7(22-8-3-4-9(14)10(15)5-8)6-19(2)12(20)11-16-13(21)18-17-11/h3-5,7H,6H2,1-2H3,(H2,16,17,18,21). The number of amides is 1. The highest BCUT2D eigenvalue weighted by Crippen LogP contribution is 2.26. The quantitative estimate of drug-likeness (QED) is 0.866. The summed E-state index contributed by atoms with van der Waals surface area (Å²) in [6, 6.07) is 4.93. The number of H-pyrrole nitrogens is 2. The third kappa shape index (κ3) is 4.02. The zero-order chi connectivity index (χ0) is 16.3. The van der Waals surface area contributed by atoms with Crippen molar-refractivity contribution in [2.45, 2.75) is 13.0 Å². The lowest BCUT2D eigenvalue weighted by Gasteiger charge is -2.21. The van der Waals surface area contributed by atoms with Gasteiger partial charge in [-0.15, -0.1) is 5.10 Å². The first-order valence-electron chi connectivity index (χ1n) is 6.38.